The van der Waals surface area contributed by atoms with Crippen molar-refractivity contribution in [2.45, 2.75) is 54.4 Å². The highest BCUT2D eigenvalue weighted by atomic mass is 15.2. The molecule has 0 fully saturated rings. The van der Waals surface area contributed by atoms with E-state index < -0.39 is 0 Å². The fraction of sp³-hybridized carbons (Fsp3) is 0.833. The van der Waals surface area contributed by atoms with Crippen LogP contribution in [0.1, 0.15) is 54.4 Å². The standard InChI is InChI=1S/C12H24N2/c1-11(2,3)7-9-13-14-10-8-12(4,5)6/h9-10H,7-8H2,1-6H3. The first-order valence-corrected chi connectivity index (χ1v) is 5.24. The third-order valence-corrected chi connectivity index (χ3v) is 1.64. The third kappa shape index (κ3) is 11.3. The molecule has 2 nitrogen and oxygen atoms in total. The Hall–Kier alpha value is -0.660. The van der Waals surface area contributed by atoms with E-state index in [0.717, 1.165) is 12.8 Å². The van der Waals surface area contributed by atoms with Crippen LogP contribution in [0.2, 0.25) is 0 Å². The van der Waals surface area contributed by atoms with Crippen molar-refractivity contribution in [3.8, 4) is 0 Å². The van der Waals surface area contributed by atoms with Crippen LogP contribution in [0.4, 0.5) is 0 Å². The molecule has 0 atom stereocenters. The first-order chi connectivity index (χ1) is 6.21. The van der Waals surface area contributed by atoms with Gasteiger partial charge in [-0.1, -0.05) is 41.5 Å². The van der Waals surface area contributed by atoms with Crippen molar-refractivity contribution in [1.29, 1.82) is 0 Å². The summed E-state index contributed by atoms with van der Waals surface area (Å²) < 4.78 is 0. The normalized spacial score (nSPS) is 14.4. The largest absolute Gasteiger partial charge is 0.164 e. The molecule has 0 N–H and O–H groups in total. The summed E-state index contributed by atoms with van der Waals surface area (Å²) in [5.74, 6) is 0. The van der Waals surface area contributed by atoms with E-state index in [1.807, 2.05) is 12.4 Å². The summed E-state index contributed by atoms with van der Waals surface area (Å²) in [6.07, 6.45) is 5.72. The second-order valence-electron chi connectivity index (χ2n) is 6.13. The predicted octanol–water partition coefficient (Wildman–Crippen LogP) is 3.92. The lowest BCUT2D eigenvalue weighted by molar-refractivity contribution is 0.435. The second-order valence-corrected chi connectivity index (χ2v) is 6.13. The van der Waals surface area contributed by atoms with Crippen LogP contribution in [0, 0.1) is 10.8 Å². The molecule has 0 amide bonds. The van der Waals surface area contributed by atoms with Crippen molar-refractivity contribution >= 4 is 12.4 Å². The Morgan fingerprint density at radius 2 is 1.00 bits per heavy atom. The molecule has 0 unspecified atom stereocenters. The number of hydrogen-bond donors (Lipinski definition) is 0. The minimum atomic E-state index is 0.309. The Kier molecular flexibility index (Phi) is 5.03. The van der Waals surface area contributed by atoms with Crippen LogP contribution in [0.15, 0.2) is 10.2 Å². The average Bonchev–Trinajstić information content (AvgIpc) is 1.92. The molecule has 0 heterocycles. The Bertz CT molecular complexity index is 177. The molecular weight excluding hydrogens is 172 g/mol. The maximum absolute atomic E-state index is 4.00. The van der Waals surface area contributed by atoms with Crippen LogP contribution in [-0.2, 0) is 0 Å². The molecule has 0 spiro atoms. The van der Waals surface area contributed by atoms with E-state index in [-0.39, 0.29) is 0 Å². The molecule has 0 radical (unpaired) electrons. The molecule has 0 saturated carbocycles. The van der Waals surface area contributed by atoms with Crippen molar-refractivity contribution in [1.82, 2.24) is 0 Å². The molecule has 0 bridgehead atoms. The topological polar surface area (TPSA) is 24.7 Å². The second kappa shape index (κ2) is 5.28. The van der Waals surface area contributed by atoms with Gasteiger partial charge in [0.1, 0.15) is 0 Å². The van der Waals surface area contributed by atoms with E-state index >= 15 is 0 Å². The van der Waals surface area contributed by atoms with E-state index in [4.69, 9.17) is 0 Å². The van der Waals surface area contributed by atoms with E-state index in [9.17, 15) is 0 Å². The van der Waals surface area contributed by atoms with Crippen LogP contribution in [0.3, 0.4) is 0 Å². The SMILES string of the molecule is CC(C)(C)CC=NN=CCC(C)(C)C. The zero-order valence-corrected chi connectivity index (χ0v) is 10.5. The van der Waals surface area contributed by atoms with Gasteiger partial charge in [0.25, 0.3) is 0 Å². The summed E-state index contributed by atoms with van der Waals surface area (Å²) in [6.45, 7) is 13.2. The Morgan fingerprint density at radius 1 is 0.714 bits per heavy atom. The van der Waals surface area contributed by atoms with E-state index in [1.165, 1.54) is 0 Å². The molecule has 0 aromatic heterocycles. The van der Waals surface area contributed by atoms with Gasteiger partial charge in [0.2, 0.25) is 0 Å². The molecule has 0 aliphatic carbocycles. The maximum Gasteiger partial charge on any atom is 0.0275 e. The molecule has 0 aromatic carbocycles. The van der Waals surface area contributed by atoms with Crippen molar-refractivity contribution < 1.29 is 0 Å². The third-order valence-electron chi connectivity index (χ3n) is 1.64. The fourth-order valence-electron chi connectivity index (χ4n) is 0.724. The fourth-order valence-corrected chi connectivity index (χ4v) is 0.724. The first kappa shape index (κ1) is 13.3. The first-order valence-electron chi connectivity index (χ1n) is 5.24. The molecule has 0 saturated heterocycles. The highest BCUT2D eigenvalue weighted by molar-refractivity contribution is 5.62. The van der Waals surface area contributed by atoms with Crippen molar-refractivity contribution in [2.24, 2.45) is 21.0 Å². The van der Waals surface area contributed by atoms with Gasteiger partial charge in [-0.15, -0.1) is 0 Å². The summed E-state index contributed by atoms with van der Waals surface area (Å²) in [7, 11) is 0. The monoisotopic (exact) mass is 196 g/mol. The van der Waals surface area contributed by atoms with Crippen molar-refractivity contribution in [3.05, 3.63) is 0 Å². The van der Waals surface area contributed by atoms with Crippen LogP contribution in [0.25, 0.3) is 0 Å². The molecule has 0 rings (SSSR count). The van der Waals surface area contributed by atoms with E-state index in [1.54, 1.807) is 0 Å². The lowest BCUT2D eigenvalue weighted by Crippen LogP contribution is -2.05. The summed E-state index contributed by atoms with van der Waals surface area (Å²) >= 11 is 0. The molecule has 0 aromatic rings. The molecule has 2 heteroatoms. The van der Waals surface area contributed by atoms with Crippen molar-refractivity contribution in [2.75, 3.05) is 0 Å². The number of hydrogen-bond acceptors (Lipinski definition) is 2. The molecular formula is C12H24N2. The zero-order chi connectivity index (χ0) is 11.2. The quantitative estimate of drug-likeness (QED) is 0.483. The van der Waals surface area contributed by atoms with Gasteiger partial charge < -0.3 is 0 Å². The van der Waals surface area contributed by atoms with Gasteiger partial charge in [-0.2, -0.15) is 10.2 Å². The Morgan fingerprint density at radius 3 is 1.21 bits per heavy atom. The minimum absolute atomic E-state index is 0.309. The highest BCUT2D eigenvalue weighted by Gasteiger charge is 2.07. The van der Waals surface area contributed by atoms with Crippen molar-refractivity contribution in [3.63, 3.8) is 0 Å². The van der Waals surface area contributed by atoms with Gasteiger partial charge in [0, 0.05) is 12.4 Å². The minimum Gasteiger partial charge on any atom is -0.164 e. The maximum atomic E-state index is 4.00. The van der Waals surface area contributed by atoms with Gasteiger partial charge in [-0.3, -0.25) is 0 Å². The smallest absolute Gasteiger partial charge is 0.0275 e. The number of nitrogens with zero attached hydrogens (tertiary/aromatic N) is 2. The van der Waals surface area contributed by atoms with Gasteiger partial charge in [0.05, 0.1) is 0 Å². The van der Waals surface area contributed by atoms with E-state index in [2.05, 4.69) is 51.7 Å². The Labute approximate surface area is 88.5 Å². The molecule has 0 aliphatic rings. The lowest BCUT2D eigenvalue weighted by Gasteiger charge is -2.14. The predicted molar refractivity (Wildman–Crippen MR) is 65.1 cm³/mol. The molecule has 14 heavy (non-hydrogen) atoms. The van der Waals surface area contributed by atoms with Crippen LogP contribution < -0.4 is 0 Å². The van der Waals surface area contributed by atoms with Gasteiger partial charge >= 0.3 is 0 Å². The molecule has 0 aliphatic heterocycles. The summed E-state index contributed by atoms with van der Waals surface area (Å²) in [5, 5.41) is 8.01. The zero-order valence-electron chi connectivity index (χ0n) is 10.5. The van der Waals surface area contributed by atoms with Gasteiger partial charge in [-0.05, 0) is 23.7 Å². The van der Waals surface area contributed by atoms with Gasteiger partial charge in [-0.25, -0.2) is 0 Å². The summed E-state index contributed by atoms with van der Waals surface area (Å²) in [6, 6.07) is 0. The number of rotatable bonds is 3. The average molecular weight is 196 g/mol. The van der Waals surface area contributed by atoms with Crippen LogP contribution in [0.5, 0.6) is 0 Å². The van der Waals surface area contributed by atoms with E-state index in [0.29, 0.717) is 10.8 Å². The van der Waals surface area contributed by atoms with Crippen LogP contribution in [-0.4, -0.2) is 12.4 Å². The highest BCUT2D eigenvalue weighted by Crippen LogP contribution is 2.17. The summed E-state index contributed by atoms with van der Waals surface area (Å²) in [4.78, 5) is 0. The summed E-state index contributed by atoms with van der Waals surface area (Å²) in [5.41, 5.74) is 0.617. The Balaban J connectivity index is 3.73. The van der Waals surface area contributed by atoms with Gasteiger partial charge in [0.15, 0.2) is 0 Å². The molecule has 82 valence electrons. The van der Waals surface area contributed by atoms with Crippen LogP contribution >= 0.6 is 0 Å². The lowest BCUT2D eigenvalue weighted by atomic mass is 9.93.